The van der Waals surface area contributed by atoms with E-state index in [4.69, 9.17) is 4.98 Å². The van der Waals surface area contributed by atoms with Crippen LogP contribution in [0.5, 0.6) is 0 Å². The zero-order valence-corrected chi connectivity index (χ0v) is 13.0. The van der Waals surface area contributed by atoms with E-state index in [0.29, 0.717) is 6.04 Å². The Hall–Kier alpha value is -1.83. The summed E-state index contributed by atoms with van der Waals surface area (Å²) in [5.41, 5.74) is 4.03. The maximum atomic E-state index is 4.74. The maximum Gasteiger partial charge on any atom is 0.132 e. The standard InChI is InChI=1S/C19H24N2/c1-3-16-11-8-14-21(16)19-17(4-2)18(12-13-20-19)15-9-6-5-7-10-15/h5-7,9-10,12-13,16H,3-4,8,11,14H2,1-2H3/t16-/m0/s1. The van der Waals surface area contributed by atoms with E-state index in [2.05, 4.69) is 55.1 Å². The summed E-state index contributed by atoms with van der Waals surface area (Å²) in [7, 11) is 0. The third-order valence-electron chi connectivity index (χ3n) is 4.59. The van der Waals surface area contributed by atoms with E-state index >= 15 is 0 Å². The van der Waals surface area contributed by atoms with Crippen LogP contribution in [0.15, 0.2) is 42.6 Å². The van der Waals surface area contributed by atoms with Gasteiger partial charge in [-0.1, -0.05) is 44.2 Å². The van der Waals surface area contributed by atoms with Gasteiger partial charge in [0.2, 0.25) is 0 Å². The Kier molecular flexibility index (Phi) is 4.23. The summed E-state index contributed by atoms with van der Waals surface area (Å²) >= 11 is 0. The van der Waals surface area contributed by atoms with Crippen molar-refractivity contribution in [2.45, 2.75) is 45.6 Å². The van der Waals surface area contributed by atoms with Crippen molar-refractivity contribution in [1.82, 2.24) is 4.98 Å². The number of benzene rings is 1. The lowest BCUT2D eigenvalue weighted by Gasteiger charge is -2.28. The third-order valence-corrected chi connectivity index (χ3v) is 4.59. The number of pyridine rings is 1. The lowest BCUT2D eigenvalue weighted by Crippen LogP contribution is -2.30. The first kappa shape index (κ1) is 14.1. The van der Waals surface area contributed by atoms with E-state index in [0.717, 1.165) is 13.0 Å². The Morgan fingerprint density at radius 2 is 1.95 bits per heavy atom. The Morgan fingerprint density at radius 3 is 2.67 bits per heavy atom. The molecule has 2 nitrogen and oxygen atoms in total. The normalized spacial score (nSPS) is 18.2. The molecule has 0 amide bonds. The molecule has 1 atom stereocenters. The molecule has 0 radical (unpaired) electrons. The van der Waals surface area contributed by atoms with Gasteiger partial charge in [-0.05, 0) is 42.9 Å². The van der Waals surface area contributed by atoms with Crippen molar-refractivity contribution in [2.75, 3.05) is 11.4 Å². The SMILES string of the molecule is CCc1c(-c2ccccc2)ccnc1N1CCC[C@@H]1CC. The zero-order valence-electron chi connectivity index (χ0n) is 13.0. The largest absolute Gasteiger partial charge is 0.353 e. The van der Waals surface area contributed by atoms with E-state index in [1.165, 1.54) is 41.8 Å². The van der Waals surface area contributed by atoms with Gasteiger partial charge in [0.05, 0.1) is 0 Å². The van der Waals surface area contributed by atoms with Crippen molar-refractivity contribution >= 4 is 5.82 Å². The van der Waals surface area contributed by atoms with Crippen LogP contribution in [0.25, 0.3) is 11.1 Å². The number of anilines is 1. The molecule has 1 aliphatic heterocycles. The van der Waals surface area contributed by atoms with Crippen LogP contribution in [0.3, 0.4) is 0 Å². The van der Waals surface area contributed by atoms with Gasteiger partial charge in [0.1, 0.15) is 5.82 Å². The third kappa shape index (κ3) is 2.67. The predicted octanol–water partition coefficient (Wildman–Crippen LogP) is 4.69. The highest BCUT2D eigenvalue weighted by Crippen LogP contribution is 2.34. The van der Waals surface area contributed by atoms with E-state index in [-0.39, 0.29) is 0 Å². The highest BCUT2D eigenvalue weighted by atomic mass is 15.2. The molecule has 0 unspecified atom stereocenters. The molecule has 0 bridgehead atoms. The molecule has 1 aromatic heterocycles. The molecule has 1 aromatic carbocycles. The molecule has 1 aliphatic rings. The van der Waals surface area contributed by atoms with Crippen molar-refractivity contribution in [3.05, 3.63) is 48.2 Å². The molecule has 2 heteroatoms. The Balaban J connectivity index is 2.06. The van der Waals surface area contributed by atoms with Crippen LogP contribution >= 0.6 is 0 Å². The summed E-state index contributed by atoms with van der Waals surface area (Å²) in [6, 6.07) is 13.5. The fourth-order valence-electron chi connectivity index (χ4n) is 3.50. The average Bonchev–Trinajstić information content (AvgIpc) is 3.03. The second kappa shape index (κ2) is 6.30. The lowest BCUT2D eigenvalue weighted by molar-refractivity contribution is 0.638. The summed E-state index contributed by atoms with van der Waals surface area (Å²) in [5.74, 6) is 1.21. The molecule has 0 saturated carbocycles. The second-order valence-corrected chi connectivity index (χ2v) is 5.78. The topological polar surface area (TPSA) is 16.1 Å². The van der Waals surface area contributed by atoms with Crippen LogP contribution in [-0.2, 0) is 6.42 Å². The Bertz CT molecular complexity index is 592. The molecular formula is C19H24N2. The number of hydrogen-bond acceptors (Lipinski definition) is 2. The summed E-state index contributed by atoms with van der Waals surface area (Å²) in [5, 5.41) is 0. The van der Waals surface area contributed by atoms with Crippen molar-refractivity contribution in [3.8, 4) is 11.1 Å². The van der Waals surface area contributed by atoms with Gasteiger partial charge in [0, 0.05) is 24.3 Å². The van der Waals surface area contributed by atoms with E-state index in [1.807, 2.05) is 6.20 Å². The first-order chi connectivity index (χ1) is 10.3. The van der Waals surface area contributed by atoms with Crippen molar-refractivity contribution < 1.29 is 0 Å². The molecule has 0 N–H and O–H groups in total. The lowest BCUT2D eigenvalue weighted by atomic mass is 9.98. The van der Waals surface area contributed by atoms with E-state index in [9.17, 15) is 0 Å². The van der Waals surface area contributed by atoms with Crippen LogP contribution < -0.4 is 4.90 Å². The van der Waals surface area contributed by atoms with Crippen molar-refractivity contribution in [3.63, 3.8) is 0 Å². The van der Waals surface area contributed by atoms with Crippen molar-refractivity contribution in [1.29, 1.82) is 0 Å². The molecule has 1 fully saturated rings. The number of rotatable bonds is 4. The molecular weight excluding hydrogens is 256 g/mol. The molecule has 0 aliphatic carbocycles. The quantitative estimate of drug-likeness (QED) is 0.807. The van der Waals surface area contributed by atoms with Crippen molar-refractivity contribution in [2.24, 2.45) is 0 Å². The van der Waals surface area contributed by atoms with Crippen LogP contribution in [0.2, 0.25) is 0 Å². The molecule has 1 saturated heterocycles. The summed E-state index contributed by atoms with van der Waals surface area (Å²) in [6.07, 6.45) is 6.80. The Morgan fingerprint density at radius 1 is 1.14 bits per heavy atom. The molecule has 2 heterocycles. The highest BCUT2D eigenvalue weighted by molar-refractivity contribution is 5.72. The first-order valence-electron chi connectivity index (χ1n) is 8.15. The monoisotopic (exact) mass is 280 g/mol. The molecule has 110 valence electrons. The van der Waals surface area contributed by atoms with Gasteiger partial charge >= 0.3 is 0 Å². The Labute approximate surface area is 127 Å². The predicted molar refractivity (Wildman–Crippen MR) is 89.7 cm³/mol. The van der Waals surface area contributed by atoms with E-state index < -0.39 is 0 Å². The average molecular weight is 280 g/mol. The smallest absolute Gasteiger partial charge is 0.132 e. The van der Waals surface area contributed by atoms with Crippen LogP contribution in [0.4, 0.5) is 5.82 Å². The number of nitrogens with zero attached hydrogens (tertiary/aromatic N) is 2. The summed E-state index contributed by atoms with van der Waals surface area (Å²) < 4.78 is 0. The molecule has 2 aromatic rings. The summed E-state index contributed by atoms with van der Waals surface area (Å²) in [6.45, 7) is 5.68. The van der Waals surface area contributed by atoms with Crippen LogP contribution in [0, 0.1) is 0 Å². The van der Waals surface area contributed by atoms with E-state index in [1.54, 1.807) is 0 Å². The molecule has 21 heavy (non-hydrogen) atoms. The number of hydrogen-bond donors (Lipinski definition) is 0. The van der Waals surface area contributed by atoms with Crippen LogP contribution in [0.1, 0.15) is 38.7 Å². The highest BCUT2D eigenvalue weighted by Gasteiger charge is 2.26. The number of aromatic nitrogens is 1. The van der Waals surface area contributed by atoms with Gasteiger partial charge in [-0.3, -0.25) is 0 Å². The van der Waals surface area contributed by atoms with Gasteiger partial charge in [0.25, 0.3) is 0 Å². The molecule has 0 spiro atoms. The minimum atomic E-state index is 0.661. The minimum absolute atomic E-state index is 0.661. The van der Waals surface area contributed by atoms with Gasteiger partial charge in [-0.15, -0.1) is 0 Å². The first-order valence-corrected chi connectivity index (χ1v) is 8.15. The minimum Gasteiger partial charge on any atom is -0.353 e. The fourth-order valence-corrected chi connectivity index (χ4v) is 3.50. The fraction of sp³-hybridized carbons (Fsp3) is 0.421. The van der Waals surface area contributed by atoms with Gasteiger partial charge < -0.3 is 4.90 Å². The summed E-state index contributed by atoms with van der Waals surface area (Å²) in [4.78, 5) is 7.27. The van der Waals surface area contributed by atoms with Gasteiger partial charge in [-0.25, -0.2) is 4.98 Å². The van der Waals surface area contributed by atoms with Gasteiger partial charge in [0.15, 0.2) is 0 Å². The second-order valence-electron chi connectivity index (χ2n) is 5.78. The molecule has 3 rings (SSSR count). The zero-order chi connectivity index (χ0) is 14.7. The van der Waals surface area contributed by atoms with Gasteiger partial charge in [-0.2, -0.15) is 0 Å². The maximum absolute atomic E-state index is 4.74. The van der Waals surface area contributed by atoms with Crippen LogP contribution in [-0.4, -0.2) is 17.6 Å².